The molecule has 0 saturated carbocycles. The van der Waals surface area contributed by atoms with Gasteiger partial charge in [0, 0.05) is 30.1 Å². The summed E-state index contributed by atoms with van der Waals surface area (Å²) in [5.74, 6) is 2.58. The fourth-order valence-corrected chi connectivity index (χ4v) is 2.71. The van der Waals surface area contributed by atoms with Crippen LogP contribution in [0, 0.1) is 6.92 Å². The van der Waals surface area contributed by atoms with E-state index in [0.717, 1.165) is 41.9 Å². The van der Waals surface area contributed by atoms with Gasteiger partial charge in [-0.3, -0.25) is 0 Å². The lowest BCUT2D eigenvalue weighted by molar-refractivity contribution is 0.845. The highest BCUT2D eigenvalue weighted by atomic mass is 32.1. The van der Waals surface area contributed by atoms with Crippen molar-refractivity contribution < 1.29 is 0 Å². The molecule has 0 aliphatic carbocycles. The van der Waals surface area contributed by atoms with E-state index < -0.39 is 0 Å². The summed E-state index contributed by atoms with van der Waals surface area (Å²) in [5, 5.41) is 7.82. The molecule has 2 rings (SSSR count). The predicted octanol–water partition coefficient (Wildman–Crippen LogP) is 3.80. The Morgan fingerprint density at radius 2 is 2.00 bits per heavy atom. The molecule has 0 aliphatic heterocycles. The number of nitrogens with one attached hydrogen (secondary N) is 2. The van der Waals surface area contributed by atoms with Crippen molar-refractivity contribution in [2.45, 2.75) is 46.6 Å². The van der Waals surface area contributed by atoms with E-state index in [1.807, 2.05) is 12.3 Å². The molecular weight excluding hydrogens is 282 g/mol. The fraction of sp³-hybridized carbons (Fsp3) is 0.533. The minimum Gasteiger partial charge on any atom is -0.370 e. The van der Waals surface area contributed by atoms with Crippen molar-refractivity contribution in [3.63, 3.8) is 0 Å². The quantitative estimate of drug-likeness (QED) is 0.814. The zero-order chi connectivity index (χ0) is 15.2. The normalized spacial score (nSPS) is 12.2. The van der Waals surface area contributed by atoms with Crippen LogP contribution >= 0.6 is 11.3 Å². The summed E-state index contributed by atoms with van der Waals surface area (Å²) in [6, 6.07) is 2.11. The van der Waals surface area contributed by atoms with Crippen molar-refractivity contribution in [2.24, 2.45) is 0 Å². The average Bonchev–Trinajstić information content (AvgIpc) is 2.91. The summed E-state index contributed by atoms with van der Waals surface area (Å²) in [7, 11) is 0. The van der Waals surface area contributed by atoms with Crippen molar-refractivity contribution in [1.82, 2.24) is 15.0 Å². The van der Waals surface area contributed by atoms with E-state index in [9.17, 15) is 0 Å². The molecule has 114 valence electrons. The van der Waals surface area contributed by atoms with Crippen LogP contribution in [0.2, 0.25) is 0 Å². The minimum atomic E-state index is 0.141. The van der Waals surface area contributed by atoms with Gasteiger partial charge in [0.05, 0.1) is 6.04 Å². The van der Waals surface area contributed by atoms with Crippen LogP contribution < -0.4 is 10.6 Å². The van der Waals surface area contributed by atoms with Crippen molar-refractivity contribution in [3.05, 3.63) is 28.0 Å². The van der Waals surface area contributed by atoms with Gasteiger partial charge in [-0.25, -0.2) is 15.0 Å². The first-order valence-corrected chi connectivity index (χ1v) is 8.24. The van der Waals surface area contributed by atoms with Crippen molar-refractivity contribution in [2.75, 3.05) is 17.2 Å². The standard InChI is InChI=1S/C15H23N5S/c1-5-7-16-13-8-14(20-12(6-2)19-13)18-11(4)15-17-9-10(3)21-15/h8-9,11H,5-7H2,1-4H3,(H2,16,18,19,20). The van der Waals surface area contributed by atoms with Gasteiger partial charge in [0.2, 0.25) is 0 Å². The van der Waals surface area contributed by atoms with Gasteiger partial charge in [-0.15, -0.1) is 11.3 Å². The molecular formula is C15H23N5S. The molecule has 1 atom stereocenters. The predicted molar refractivity (Wildman–Crippen MR) is 89.1 cm³/mol. The van der Waals surface area contributed by atoms with Crippen LogP contribution in [0.15, 0.2) is 12.3 Å². The van der Waals surface area contributed by atoms with Crippen LogP contribution in [0.25, 0.3) is 0 Å². The van der Waals surface area contributed by atoms with Crippen molar-refractivity contribution in [1.29, 1.82) is 0 Å². The summed E-state index contributed by atoms with van der Waals surface area (Å²) < 4.78 is 0. The highest BCUT2D eigenvalue weighted by molar-refractivity contribution is 7.11. The van der Waals surface area contributed by atoms with Gasteiger partial charge >= 0.3 is 0 Å². The molecule has 2 heterocycles. The topological polar surface area (TPSA) is 62.7 Å². The summed E-state index contributed by atoms with van der Waals surface area (Å²) in [6.45, 7) is 9.30. The lowest BCUT2D eigenvalue weighted by atomic mass is 10.3. The van der Waals surface area contributed by atoms with E-state index in [1.165, 1.54) is 4.88 Å². The summed E-state index contributed by atoms with van der Waals surface area (Å²) in [4.78, 5) is 14.7. The molecule has 0 fully saturated rings. The number of hydrogen-bond acceptors (Lipinski definition) is 6. The first kappa shape index (κ1) is 15.7. The molecule has 21 heavy (non-hydrogen) atoms. The van der Waals surface area contributed by atoms with Gasteiger partial charge in [0.15, 0.2) is 0 Å². The van der Waals surface area contributed by atoms with Crippen molar-refractivity contribution in [3.8, 4) is 0 Å². The SMILES string of the molecule is CCCNc1cc(NC(C)c2ncc(C)s2)nc(CC)n1. The molecule has 0 spiro atoms. The Morgan fingerprint density at radius 1 is 1.24 bits per heavy atom. The molecule has 1 unspecified atom stereocenters. The first-order valence-electron chi connectivity index (χ1n) is 7.43. The second kappa shape index (κ2) is 7.36. The Hall–Kier alpha value is -1.69. The lowest BCUT2D eigenvalue weighted by Gasteiger charge is -2.14. The number of hydrogen-bond donors (Lipinski definition) is 2. The van der Waals surface area contributed by atoms with Gasteiger partial charge in [0.1, 0.15) is 22.5 Å². The number of aryl methyl sites for hydroxylation is 2. The molecule has 6 heteroatoms. The van der Waals surface area contributed by atoms with Crippen LogP contribution in [0.4, 0.5) is 11.6 Å². The van der Waals surface area contributed by atoms with Gasteiger partial charge in [-0.2, -0.15) is 0 Å². The van der Waals surface area contributed by atoms with Gasteiger partial charge in [-0.05, 0) is 20.3 Å². The molecule has 0 aliphatic rings. The van der Waals surface area contributed by atoms with E-state index >= 15 is 0 Å². The van der Waals surface area contributed by atoms with Gasteiger partial charge in [-0.1, -0.05) is 13.8 Å². The van der Waals surface area contributed by atoms with E-state index in [0.29, 0.717) is 0 Å². The van der Waals surface area contributed by atoms with Crippen LogP contribution in [-0.4, -0.2) is 21.5 Å². The number of aromatic nitrogens is 3. The molecule has 0 radical (unpaired) electrons. The fourth-order valence-electron chi connectivity index (χ4n) is 1.93. The molecule has 2 aromatic rings. The maximum absolute atomic E-state index is 4.55. The molecule has 5 nitrogen and oxygen atoms in total. The third kappa shape index (κ3) is 4.39. The summed E-state index contributed by atoms with van der Waals surface area (Å²) >= 11 is 1.71. The number of thiazole rings is 1. The number of nitrogens with zero attached hydrogens (tertiary/aromatic N) is 3. The number of anilines is 2. The molecule has 2 aromatic heterocycles. The third-order valence-electron chi connectivity index (χ3n) is 3.02. The highest BCUT2D eigenvalue weighted by Gasteiger charge is 2.11. The second-order valence-corrected chi connectivity index (χ2v) is 6.28. The molecule has 0 amide bonds. The van der Waals surface area contributed by atoms with E-state index in [2.05, 4.69) is 53.3 Å². The van der Waals surface area contributed by atoms with Gasteiger partial charge < -0.3 is 10.6 Å². The number of rotatable bonds is 7. The average molecular weight is 305 g/mol. The lowest BCUT2D eigenvalue weighted by Crippen LogP contribution is -2.11. The second-order valence-electron chi connectivity index (χ2n) is 5.01. The molecule has 0 bridgehead atoms. The van der Waals surface area contributed by atoms with E-state index in [-0.39, 0.29) is 6.04 Å². The molecule has 0 aromatic carbocycles. The first-order chi connectivity index (χ1) is 10.1. The maximum atomic E-state index is 4.55. The Bertz CT molecular complexity index is 581. The largest absolute Gasteiger partial charge is 0.370 e. The van der Waals surface area contributed by atoms with Crippen LogP contribution in [-0.2, 0) is 6.42 Å². The Kier molecular flexibility index (Phi) is 5.50. The van der Waals surface area contributed by atoms with Crippen LogP contribution in [0.3, 0.4) is 0 Å². The third-order valence-corrected chi connectivity index (χ3v) is 4.11. The minimum absolute atomic E-state index is 0.141. The van der Waals surface area contributed by atoms with Crippen LogP contribution in [0.1, 0.15) is 48.9 Å². The Labute approximate surface area is 130 Å². The van der Waals surface area contributed by atoms with Crippen LogP contribution in [0.5, 0.6) is 0 Å². The smallest absolute Gasteiger partial charge is 0.132 e. The van der Waals surface area contributed by atoms with E-state index in [1.54, 1.807) is 11.3 Å². The maximum Gasteiger partial charge on any atom is 0.132 e. The molecule has 0 saturated heterocycles. The zero-order valence-corrected chi connectivity index (χ0v) is 13.9. The summed E-state index contributed by atoms with van der Waals surface area (Å²) in [6.07, 6.45) is 3.80. The highest BCUT2D eigenvalue weighted by Crippen LogP contribution is 2.23. The zero-order valence-electron chi connectivity index (χ0n) is 13.1. The Balaban J connectivity index is 2.14. The summed E-state index contributed by atoms with van der Waals surface area (Å²) in [5.41, 5.74) is 0. The monoisotopic (exact) mass is 305 g/mol. The van der Waals surface area contributed by atoms with E-state index in [4.69, 9.17) is 0 Å². The Morgan fingerprint density at radius 3 is 2.62 bits per heavy atom. The molecule has 2 N–H and O–H groups in total. The van der Waals surface area contributed by atoms with Gasteiger partial charge in [0.25, 0.3) is 0 Å². The van der Waals surface area contributed by atoms with Crippen molar-refractivity contribution >= 4 is 23.0 Å².